The van der Waals surface area contributed by atoms with E-state index in [0.29, 0.717) is 5.71 Å². The minimum absolute atomic E-state index is 0.202. The van der Waals surface area contributed by atoms with Crippen LogP contribution in [-0.4, -0.2) is 10.8 Å². The number of hydrogen-bond acceptors (Lipinski definition) is 2. The van der Waals surface area contributed by atoms with Gasteiger partial charge in [0, 0.05) is 0 Å². The average molecular weight is 325 g/mol. The fraction of sp³-hybridized carbons (Fsp3) is 0.500. The topological polar surface area (TPSA) is 44.1 Å². The highest BCUT2D eigenvalue weighted by Crippen LogP contribution is 2.44. The summed E-state index contributed by atoms with van der Waals surface area (Å²) in [6.07, 6.45) is 3.78. The first kappa shape index (κ1) is 18.7. The van der Waals surface area contributed by atoms with E-state index >= 15 is 0 Å². The maximum Gasteiger partial charge on any atom is 0.128 e. The molecule has 2 heteroatoms. The largest absolute Gasteiger partial charge is 0.377 e. The maximum atomic E-state index is 11.6. The van der Waals surface area contributed by atoms with Gasteiger partial charge in [-0.15, -0.1) is 0 Å². The van der Waals surface area contributed by atoms with E-state index in [1.165, 1.54) is 0 Å². The zero-order valence-corrected chi connectivity index (χ0v) is 16.3. The van der Waals surface area contributed by atoms with Crippen LogP contribution in [0.25, 0.3) is 0 Å². The number of aliphatic hydroxyl groups is 1. The monoisotopic (exact) mass is 325 g/mol. The summed E-state index contributed by atoms with van der Waals surface area (Å²) in [5.74, 6) is 0. The van der Waals surface area contributed by atoms with Crippen molar-refractivity contribution < 1.29 is 5.11 Å². The van der Waals surface area contributed by atoms with Crippen molar-refractivity contribution >= 4 is 5.71 Å². The number of rotatable bonds is 1. The van der Waals surface area contributed by atoms with Gasteiger partial charge in [0.1, 0.15) is 5.60 Å². The quantitative estimate of drug-likeness (QED) is 0.706. The van der Waals surface area contributed by atoms with Crippen molar-refractivity contribution in [2.75, 3.05) is 0 Å². The van der Waals surface area contributed by atoms with Crippen LogP contribution >= 0.6 is 0 Å². The van der Waals surface area contributed by atoms with Crippen LogP contribution < -0.4 is 0 Å². The molecule has 0 aromatic heterocycles. The van der Waals surface area contributed by atoms with Crippen LogP contribution in [0.3, 0.4) is 0 Å². The van der Waals surface area contributed by atoms with Gasteiger partial charge in [0.05, 0.1) is 5.71 Å². The first-order valence-electron chi connectivity index (χ1n) is 8.62. The normalized spacial score (nSPS) is 22.3. The van der Waals surface area contributed by atoms with Crippen LogP contribution in [0.2, 0.25) is 0 Å². The predicted molar refractivity (Wildman–Crippen MR) is 103 cm³/mol. The Hall–Kier alpha value is -1.67. The van der Waals surface area contributed by atoms with Crippen LogP contribution in [0.4, 0.5) is 0 Å². The SMILES string of the molecule is Cc1cccc(C)c1C1(O)C=C(C(C)(C)C)C(=N)C(C(C)(C)C)=C1. The number of benzene rings is 1. The van der Waals surface area contributed by atoms with Crippen molar-refractivity contribution in [3.05, 3.63) is 58.2 Å². The van der Waals surface area contributed by atoms with Gasteiger partial charge in [-0.1, -0.05) is 59.7 Å². The highest BCUT2D eigenvalue weighted by molar-refractivity contribution is 6.13. The Kier molecular flexibility index (Phi) is 4.43. The molecule has 0 unspecified atom stereocenters. The molecule has 0 saturated heterocycles. The van der Waals surface area contributed by atoms with Gasteiger partial charge in [-0.25, -0.2) is 0 Å². The van der Waals surface area contributed by atoms with E-state index < -0.39 is 5.60 Å². The summed E-state index contributed by atoms with van der Waals surface area (Å²) >= 11 is 0. The third kappa shape index (κ3) is 3.25. The van der Waals surface area contributed by atoms with Crippen LogP contribution in [0, 0.1) is 30.1 Å². The van der Waals surface area contributed by atoms with Crippen molar-refractivity contribution in [1.82, 2.24) is 0 Å². The van der Waals surface area contributed by atoms with Crippen molar-refractivity contribution in [1.29, 1.82) is 5.41 Å². The molecule has 0 amide bonds. The van der Waals surface area contributed by atoms with E-state index in [1.54, 1.807) is 0 Å². The Labute approximate surface area is 146 Å². The van der Waals surface area contributed by atoms with Crippen LogP contribution in [0.15, 0.2) is 41.5 Å². The first-order chi connectivity index (χ1) is 10.8. The van der Waals surface area contributed by atoms with Gasteiger partial charge in [-0.3, -0.25) is 0 Å². The van der Waals surface area contributed by atoms with E-state index in [2.05, 4.69) is 41.5 Å². The smallest absolute Gasteiger partial charge is 0.128 e. The summed E-state index contributed by atoms with van der Waals surface area (Å²) in [7, 11) is 0. The molecule has 0 spiro atoms. The average Bonchev–Trinajstić information content (AvgIpc) is 2.38. The Bertz CT molecular complexity index is 682. The molecule has 0 fully saturated rings. The zero-order chi connectivity index (χ0) is 18.5. The molecule has 0 bridgehead atoms. The molecule has 0 heterocycles. The summed E-state index contributed by atoms with van der Waals surface area (Å²) < 4.78 is 0. The molecule has 0 saturated carbocycles. The van der Waals surface area contributed by atoms with Gasteiger partial charge < -0.3 is 10.5 Å². The second-order valence-electron chi connectivity index (χ2n) is 9.08. The Morgan fingerprint density at radius 2 is 1.21 bits per heavy atom. The summed E-state index contributed by atoms with van der Waals surface area (Å²) in [5.41, 5.74) is 3.84. The fourth-order valence-corrected chi connectivity index (χ4v) is 3.54. The summed E-state index contributed by atoms with van der Waals surface area (Å²) in [4.78, 5) is 0. The predicted octanol–water partition coefficient (Wildman–Crippen LogP) is 5.47. The third-order valence-electron chi connectivity index (χ3n) is 4.77. The lowest BCUT2D eigenvalue weighted by Crippen LogP contribution is -2.36. The lowest BCUT2D eigenvalue weighted by molar-refractivity contribution is 0.136. The minimum Gasteiger partial charge on any atom is -0.377 e. The lowest BCUT2D eigenvalue weighted by Gasteiger charge is -2.39. The van der Waals surface area contributed by atoms with Gasteiger partial charge in [-0.05, 0) is 64.7 Å². The highest BCUT2D eigenvalue weighted by atomic mass is 16.3. The van der Waals surface area contributed by atoms with E-state index in [0.717, 1.165) is 27.8 Å². The van der Waals surface area contributed by atoms with Crippen molar-refractivity contribution in [2.24, 2.45) is 10.8 Å². The van der Waals surface area contributed by atoms with Crippen LogP contribution in [0.5, 0.6) is 0 Å². The summed E-state index contributed by atoms with van der Waals surface area (Å²) in [6.45, 7) is 16.7. The molecule has 0 atom stereocenters. The van der Waals surface area contributed by atoms with Gasteiger partial charge in [0.15, 0.2) is 0 Å². The van der Waals surface area contributed by atoms with Crippen LogP contribution in [0.1, 0.15) is 58.2 Å². The van der Waals surface area contributed by atoms with E-state index in [1.807, 2.05) is 44.2 Å². The molecule has 0 radical (unpaired) electrons. The molecule has 2 N–H and O–H groups in total. The maximum absolute atomic E-state index is 11.6. The third-order valence-corrected chi connectivity index (χ3v) is 4.77. The van der Waals surface area contributed by atoms with E-state index in [9.17, 15) is 5.11 Å². The van der Waals surface area contributed by atoms with Crippen molar-refractivity contribution in [3.8, 4) is 0 Å². The first-order valence-corrected chi connectivity index (χ1v) is 8.62. The zero-order valence-electron chi connectivity index (χ0n) is 16.3. The summed E-state index contributed by atoms with van der Waals surface area (Å²) in [6, 6.07) is 6.09. The highest BCUT2D eigenvalue weighted by Gasteiger charge is 2.40. The molecule has 2 rings (SSSR count). The van der Waals surface area contributed by atoms with Crippen molar-refractivity contribution in [3.63, 3.8) is 0 Å². The molecule has 1 aromatic carbocycles. The summed E-state index contributed by atoms with van der Waals surface area (Å²) in [5, 5.41) is 20.4. The van der Waals surface area contributed by atoms with E-state index in [4.69, 9.17) is 5.41 Å². The lowest BCUT2D eigenvalue weighted by atomic mass is 9.67. The van der Waals surface area contributed by atoms with Crippen molar-refractivity contribution in [2.45, 2.75) is 61.0 Å². The number of hydrogen-bond donors (Lipinski definition) is 2. The van der Waals surface area contributed by atoms with Gasteiger partial charge >= 0.3 is 0 Å². The number of aryl methyl sites for hydroxylation is 2. The van der Waals surface area contributed by atoms with E-state index in [-0.39, 0.29) is 10.8 Å². The molecule has 24 heavy (non-hydrogen) atoms. The molecule has 2 nitrogen and oxygen atoms in total. The Morgan fingerprint density at radius 3 is 1.54 bits per heavy atom. The minimum atomic E-state index is -1.18. The van der Waals surface area contributed by atoms with Gasteiger partial charge in [0.25, 0.3) is 0 Å². The molecule has 0 aliphatic heterocycles. The molecular weight excluding hydrogens is 294 g/mol. The Morgan fingerprint density at radius 1 is 0.833 bits per heavy atom. The second-order valence-corrected chi connectivity index (χ2v) is 9.08. The molecule has 1 aliphatic rings. The molecule has 1 aliphatic carbocycles. The van der Waals surface area contributed by atoms with Gasteiger partial charge in [0.2, 0.25) is 0 Å². The second kappa shape index (κ2) is 5.70. The Balaban J connectivity index is 2.81. The van der Waals surface area contributed by atoms with Gasteiger partial charge in [-0.2, -0.15) is 0 Å². The van der Waals surface area contributed by atoms with Crippen LogP contribution in [-0.2, 0) is 5.60 Å². The fourth-order valence-electron chi connectivity index (χ4n) is 3.54. The number of nitrogens with one attached hydrogen (secondary N) is 1. The number of allylic oxidation sites excluding steroid dienone is 2. The molecular formula is C22H31NO. The molecule has 130 valence electrons. The standard InChI is InChI=1S/C22H31NO/c1-14-10-9-11-15(2)18(14)22(24)12-16(20(3,4)5)19(23)17(13-22)21(6,7)8/h9-13,23-24H,1-8H3. The molecule has 1 aromatic rings.